The summed E-state index contributed by atoms with van der Waals surface area (Å²) < 4.78 is 60.0. The lowest BCUT2D eigenvalue weighted by molar-refractivity contribution is -0.139. The van der Waals surface area contributed by atoms with Gasteiger partial charge in [0.05, 0.1) is 10.5 Å². The van der Waals surface area contributed by atoms with E-state index >= 15 is 0 Å². The smallest absolute Gasteiger partial charge is 0.366 e. The monoisotopic (exact) mass is 267 g/mol. The Hall–Kier alpha value is -1.57. The average molecular weight is 267 g/mol. The van der Waals surface area contributed by atoms with Crippen LogP contribution in [-0.2, 0) is 16.0 Å². The van der Waals surface area contributed by atoms with Gasteiger partial charge in [0.2, 0.25) is 5.91 Å². The molecule has 2 N–H and O–H groups in total. The molecule has 8 heteroatoms. The van der Waals surface area contributed by atoms with Gasteiger partial charge in [0.15, 0.2) is 9.84 Å². The molecule has 0 atom stereocenters. The minimum atomic E-state index is -4.81. The lowest BCUT2D eigenvalue weighted by Crippen LogP contribution is -2.16. The van der Waals surface area contributed by atoms with Gasteiger partial charge in [0.1, 0.15) is 0 Å². The molecule has 0 aromatic heterocycles. The summed E-state index contributed by atoms with van der Waals surface area (Å²) in [5.41, 5.74) is 3.26. The zero-order valence-corrected chi connectivity index (χ0v) is 9.39. The lowest BCUT2D eigenvalue weighted by atomic mass is 10.1. The van der Waals surface area contributed by atoms with Crippen molar-refractivity contribution in [3.63, 3.8) is 0 Å². The van der Waals surface area contributed by atoms with Crippen LogP contribution in [0, 0.1) is 0 Å². The highest BCUT2D eigenvalue weighted by Crippen LogP contribution is 2.34. The van der Waals surface area contributed by atoms with E-state index in [1.807, 2.05) is 0 Å². The summed E-state index contributed by atoms with van der Waals surface area (Å²) in [4.78, 5) is 9.83. The van der Waals surface area contributed by atoms with Gasteiger partial charge in [-0.05, 0) is 18.2 Å². The van der Waals surface area contributed by atoms with Gasteiger partial charge in [-0.1, -0.05) is 0 Å². The first-order valence-corrected chi connectivity index (χ1v) is 6.13. The maximum atomic E-state index is 12.5. The van der Waals surface area contributed by atoms with Crippen molar-refractivity contribution in [1.82, 2.24) is 0 Å². The van der Waals surface area contributed by atoms with E-state index in [9.17, 15) is 26.4 Å². The Kier molecular flexibility index (Phi) is 3.19. The van der Waals surface area contributed by atoms with Crippen LogP contribution in [0.15, 0.2) is 23.1 Å². The van der Waals surface area contributed by atoms with Crippen LogP contribution in [0.1, 0.15) is 15.9 Å². The number of hydrogen-bond acceptors (Lipinski definition) is 3. The molecule has 0 radical (unpaired) electrons. The van der Waals surface area contributed by atoms with E-state index in [1.165, 1.54) is 0 Å². The molecule has 94 valence electrons. The molecule has 0 aliphatic rings. The number of amides is 1. The Labute approximate surface area is 95.1 Å². The summed E-state index contributed by atoms with van der Waals surface area (Å²) in [5.74, 6) is -0.997. The van der Waals surface area contributed by atoms with Gasteiger partial charge in [-0.25, -0.2) is 8.42 Å². The third-order valence-corrected chi connectivity index (χ3v) is 3.11. The van der Waals surface area contributed by atoms with Crippen LogP contribution in [0.2, 0.25) is 0 Å². The van der Waals surface area contributed by atoms with Crippen LogP contribution in [0.4, 0.5) is 13.2 Å². The van der Waals surface area contributed by atoms with Crippen LogP contribution in [-0.4, -0.2) is 20.6 Å². The van der Waals surface area contributed by atoms with E-state index in [4.69, 9.17) is 5.73 Å². The minimum absolute atomic E-state index is 0.293. The molecule has 1 rings (SSSR count). The van der Waals surface area contributed by atoms with Gasteiger partial charge in [0, 0.05) is 11.8 Å². The Bertz CT molecular complexity index is 563. The number of alkyl halides is 3. The fourth-order valence-electron chi connectivity index (χ4n) is 1.22. The lowest BCUT2D eigenvalue weighted by Gasteiger charge is -2.12. The molecule has 0 unspecified atom stereocenters. The third-order valence-electron chi connectivity index (χ3n) is 1.97. The SMILES string of the molecule is CS(=O)(=O)c1cc(C(N)=O)ccc1C(F)(F)F. The summed E-state index contributed by atoms with van der Waals surface area (Å²) >= 11 is 0. The van der Waals surface area contributed by atoms with Crippen LogP contribution in [0.5, 0.6) is 0 Å². The first kappa shape index (κ1) is 13.5. The molecule has 1 amide bonds. The number of halogens is 3. The average Bonchev–Trinajstić information content (AvgIpc) is 2.14. The zero-order chi connectivity index (χ0) is 13.4. The Morgan fingerprint density at radius 2 is 1.82 bits per heavy atom. The van der Waals surface area contributed by atoms with E-state index in [0.717, 1.165) is 6.07 Å². The topological polar surface area (TPSA) is 77.2 Å². The third kappa shape index (κ3) is 2.96. The van der Waals surface area contributed by atoms with Crippen molar-refractivity contribution in [3.8, 4) is 0 Å². The predicted octanol–water partition coefficient (Wildman–Crippen LogP) is 1.21. The molecule has 0 aliphatic heterocycles. The summed E-state index contributed by atoms with van der Waals surface area (Å²) in [7, 11) is -4.10. The molecule has 1 aromatic carbocycles. The summed E-state index contributed by atoms with van der Waals surface area (Å²) in [6, 6.07) is 1.98. The van der Waals surface area contributed by atoms with Crippen molar-refractivity contribution in [2.75, 3.05) is 6.26 Å². The number of sulfone groups is 1. The quantitative estimate of drug-likeness (QED) is 0.874. The molecule has 0 bridgehead atoms. The minimum Gasteiger partial charge on any atom is -0.366 e. The van der Waals surface area contributed by atoms with Gasteiger partial charge < -0.3 is 5.73 Å². The Morgan fingerprint density at radius 3 is 2.18 bits per heavy atom. The molecule has 0 fully saturated rings. The van der Waals surface area contributed by atoms with Crippen molar-refractivity contribution in [2.24, 2.45) is 5.73 Å². The number of rotatable bonds is 2. The van der Waals surface area contributed by atoms with Gasteiger partial charge in [0.25, 0.3) is 0 Å². The van der Waals surface area contributed by atoms with Crippen molar-refractivity contribution < 1.29 is 26.4 Å². The second kappa shape index (κ2) is 4.02. The second-order valence-corrected chi connectivity index (χ2v) is 5.33. The van der Waals surface area contributed by atoms with Crippen LogP contribution >= 0.6 is 0 Å². The van der Waals surface area contributed by atoms with Gasteiger partial charge in [-0.2, -0.15) is 13.2 Å². The molecule has 1 aromatic rings. The van der Waals surface area contributed by atoms with E-state index in [-0.39, 0.29) is 5.56 Å². The fraction of sp³-hybridized carbons (Fsp3) is 0.222. The van der Waals surface area contributed by atoms with Crippen LogP contribution in [0.3, 0.4) is 0 Å². The Morgan fingerprint density at radius 1 is 1.29 bits per heavy atom. The number of carbonyl (C=O) groups is 1. The van der Waals surface area contributed by atoms with Crippen LogP contribution in [0.25, 0.3) is 0 Å². The van der Waals surface area contributed by atoms with Crippen LogP contribution < -0.4 is 5.73 Å². The van der Waals surface area contributed by atoms with E-state index < -0.39 is 32.4 Å². The summed E-state index contributed by atoms with van der Waals surface area (Å²) in [6.07, 6.45) is -4.18. The van der Waals surface area contributed by atoms with E-state index in [1.54, 1.807) is 0 Å². The highest BCUT2D eigenvalue weighted by molar-refractivity contribution is 7.90. The largest absolute Gasteiger partial charge is 0.417 e. The first-order valence-electron chi connectivity index (χ1n) is 4.24. The molecule has 0 saturated carbocycles. The van der Waals surface area contributed by atoms with Gasteiger partial charge in [-0.3, -0.25) is 4.79 Å². The van der Waals surface area contributed by atoms with E-state index in [2.05, 4.69) is 0 Å². The molecule has 17 heavy (non-hydrogen) atoms. The van der Waals surface area contributed by atoms with Gasteiger partial charge >= 0.3 is 6.18 Å². The predicted molar refractivity (Wildman–Crippen MR) is 53.1 cm³/mol. The Balaban J connectivity index is 3.60. The first-order chi connectivity index (χ1) is 7.53. The van der Waals surface area contributed by atoms with Crippen molar-refractivity contribution in [3.05, 3.63) is 29.3 Å². The highest BCUT2D eigenvalue weighted by Gasteiger charge is 2.36. The fourth-order valence-corrected chi connectivity index (χ4v) is 2.14. The molecule has 0 saturated heterocycles. The normalized spacial score (nSPS) is 12.5. The number of hydrogen-bond donors (Lipinski definition) is 1. The molecule has 0 aliphatic carbocycles. The number of benzene rings is 1. The summed E-state index contributed by atoms with van der Waals surface area (Å²) in [5, 5.41) is 0. The number of primary amides is 1. The van der Waals surface area contributed by atoms with Gasteiger partial charge in [-0.15, -0.1) is 0 Å². The molecule has 0 spiro atoms. The molecule has 4 nitrogen and oxygen atoms in total. The maximum absolute atomic E-state index is 12.5. The van der Waals surface area contributed by atoms with Crippen molar-refractivity contribution in [1.29, 1.82) is 0 Å². The number of nitrogens with two attached hydrogens (primary N) is 1. The second-order valence-electron chi connectivity index (χ2n) is 3.35. The highest BCUT2D eigenvalue weighted by atomic mass is 32.2. The molecular weight excluding hydrogens is 259 g/mol. The van der Waals surface area contributed by atoms with Crippen molar-refractivity contribution in [2.45, 2.75) is 11.1 Å². The molecule has 0 heterocycles. The van der Waals surface area contributed by atoms with Crippen molar-refractivity contribution >= 4 is 15.7 Å². The van der Waals surface area contributed by atoms with E-state index in [0.29, 0.717) is 18.4 Å². The number of carbonyl (C=O) groups excluding carboxylic acids is 1. The summed E-state index contributed by atoms with van der Waals surface area (Å²) in [6.45, 7) is 0. The standard InChI is InChI=1S/C9H8F3NO3S/c1-17(15,16)7-4-5(8(13)14)2-3-6(7)9(10,11)12/h2-4H,1H3,(H2,13,14). The maximum Gasteiger partial charge on any atom is 0.417 e. The molecular formula is C9H8F3NO3S. The zero-order valence-electron chi connectivity index (χ0n) is 8.58.